The van der Waals surface area contributed by atoms with E-state index in [4.69, 9.17) is 0 Å². The van der Waals surface area contributed by atoms with Crippen molar-refractivity contribution in [2.45, 2.75) is 64.3 Å². The van der Waals surface area contributed by atoms with Crippen molar-refractivity contribution >= 4 is 17.6 Å². The molecule has 0 bridgehead atoms. The number of phenolic OH excluding ortho intramolecular Hbond substituents is 1. The molecule has 1 fully saturated rings. The van der Waals surface area contributed by atoms with Crippen LogP contribution in [0.1, 0.15) is 79.6 Å². The summed E-state index contributed by atoms with van der Waals surface area (Å²) in [4.78, 5) is 26.2. The number of aromatic nitrogens is 2. The molecule has 1 aromatic heterocycles. The molecule has 4 aromatic rings. The van der Waals surface area contributed by atoms with Gasteiger partial charge in [-0.1, -0.05) is 57.9 Å². The smallest absolute Gasteiger partial charge is 0.342 e. The molecule has 0 atom stereocenters. The highest BCUT2D eigenvalue weighted by Gasteiger charge is 2.26. The van der Waals surface area contributed by atoms with Crippen LogP contribution in [0, 0.1) is 5.82 Å². The van der Waals surface area contributed by atoms with Gasteiger partial charge in [0.25, 0.3) is 5.91 Å². The number of halogens is 1. The van der Waals surface area contributed by atoms with Crippen molar-refractivity contribution in [3.63, 3.8) is 0 Å². The van der Waals surface area contributed by atoms with Crippen LogP contribution in [-0.4, -0.2) is 26.8 Å². The zero-order valence-corrected chi connectivity index (χ0v) is 23.6. The molecule has 1 aliphatic carbocycles. The van der Waals surface area contributed by atoms with E-state index in [-0.39, 0.29) is 35.4 Å². The third-order valence-electron chi connectivity index (χ3n) is 7.60. The molecule has 0 unspecified atom stereocenters. The highest BCUT2D eigenvalue weighted by atomic mass is 19.1. The van der Waals surface area contributed by atoms with E-state index in [9.17, 15) is 19.1 Å². The summed E-state index contributed by atoms with van der Waals surface area (Å²) in [5, 5.41) is 21.1. The third-order valence-corrected chi connectivity index (χ3v) is 7.60. The van der Waals surface area contributed by atoms with Gasteiger partial charge in [-0.25, -0.2) is 9.18 Å². The number of carbonyl (C=O) groups excluding carboxylic acids is 2. The first-order chi connectivity index (χ1) is 19.6. The Morgan fingerprint density at radius 2 is 1.66 bits per heavy atom. The number of phenols is 1. The number of anilines is 1. The fourth-order valence-corrected chi connectivity index (χ4v) is 5.20. The Labute approximate surface area is 239 Å². The lowest BCUT2D eigenvalue weighted by Crippen LogP contribution is -2.30. The van der Waals surface area contributed by atoms with E-state index in [2.05, 4.69) is 36.5 Å². The Morgan fingerprint density at radius 3 is 2.32 bits per heavy atom. The molecule has 0 saturated heterocycles. The maximum atomic E-state index is 13.3. The lowest BCUT2D eigenvalue weighted by Gasteiger charge is -2.19. The average Bonchev–Trinajstić information content (AvgIpc) is 3.64. The van der Waals surface area contributed by atoms with Gasteiger partial charge in [-0.15, -0.1) is 0 Å². The normalized spacial score (nSPS) is 13.8. The summed E-state index contributed by atoms with van der Waals surface area (Å²) in [5.74, 6) is -0.433. The van der Waals surface area contributed by atoms with Crippen LogP contribution in [0.3, 0.4) is 0 Å². The second-order valence-electron chi connectivity index (χ2n) is 11.6. The number of nitrogens with one attached hydrogen (secondary N) is 2. The summed E-state index contributed by atoms with van der Waals surface area (Å²) in [7, 11) is 0. The van der Waals surface area contributed by atoms with E-state index in [1.54, 1.807) is 36.4 Å². The SMILES string of the molecule is CC(C)(C)c1ccc(C(=O)Nc2ccc(O)c(-c3cc(C4CCCC4)n(C(=O)NCc4ccc(F)cc4)n3)c2)cc1. The van der Waals surface area contributed by atoms with Gasteiger partial charge in [0, 0.05) is 29.3 Å². The first kappa shape index (κ1) is 28.1. The van der Waals surface area contributed by atoms with E-state index < -0.39 is 6.03 Å². The Morgan fingerprint density at radius 1 is 0.976 bits per heavy atom. The highest BCUT2D eigenvalue weighted by molar-refractivity contribution is 6.04. The Kier molecular flexibility index (Phi) is 7.92. The summed E-state index contributed by atoms with van der Waals surface area (Å²) >= 11 is 0. The summed E-state index contributed by atoms with van der Waals surface area (Å²) in [6, 6.07) is 19.7. The summed E-state index contributed by atoms with van der Waals surface area (Å²) in [6.45, 7) is 6.58. The lowest BCUT2D eigenvalue weighted by molar-refractivity contribution is 0.102. The first-order valence-corrected chi connectivity index (χ1v) is 14.0. The molecule has 41 heavy (non-hydrogen) atoms. The van der Waals surface area contributed by atoms with E-state index in [0.29, 0.717) is 22.5 Å². The van der Waals surface area contributed by atoms with Crippen molar-refractivity contribution in [3.05, 3.63) is 101 Å². The topological polar surface area (TPSA) is 96.2 Å². The molecular formula is C33H35FN4O3. The molecular weight excluding hydrogens is 519 g/mol. The minimum atomic E-state index is -0.398. The van der Waals surface area contributed by atoms with Crippen LogP contribution < -0.4 is 10.6 Å². The Balaban J connectivity index is 1.39. The average molecular weight is 555 g/mol. The molecule has 0 radical (unpaired) electrons. The largest absolute Gasteiger partial charge is 0.507 e. The molecule has 8 heteroatoms. The third kappa shape index (κ3) is 6.48. The molecule has 7 nitrogen and oxygen atoms in total. The molecule has 2 amide bonds. The molecule has 0 spiro atoms. The van der Waals surface area contributed by atoms with Crippen LogP contribution in [0.15, 0.2) is 72.8 Å². The number of nitrogens with zero attached hydrogens (tertiary/aromatic N) is 2. The number of aromatic hydroxyl groups is 1. The Hall–Kier alpha value is -4.46. The lowest BCUT2D eigenvalue weighted by atomic mass is 9.87. The minimum absolute atomic E-state index is 0.00753. The quantitative estimate of drug-likeness (QED) is 0.217. The predicted molar refractivity (Wildman–Crippen MR) is 158 cm³/mol. The second kappa shape index (κ2) is 11.6. The van der Waals surface area contributed by atoms with E-state index in [0.717, 1.165) is 42.5 Å². The van der Waals surface area contributed by atoms with Gasteiger partial charge in [0.2, 0.25) is 0 Å². The maximum Gasteiger partial charge on any atom is 0.342 e. The van der Waals surface area contributed by atoms with Crippen molar-refractivity contribution in [2.24, 2.45) is 0 Å². The zero-order chi connectivity index (χ0) is 29.1. The van der Waals surface area contributed by atoms with Crippen LogP contribution in [0.2, 0.25) is 0 Å². The summed E-state index contributed by atoms with van der Waals surface area (Å²) in [5.41, 5.74) is 4.54. The van der Waals surface area contributed by atoms with Gasteiger partial charge in [0.15, 0.2) is 0 Å². The van der Waals surface area contributed by atoms with Crippen LogP contribution in [0.4, 0.5) is 14.9 Å². The van der Waals surface area contributed by atoms with Crippen LogP contribution in [0.25, 0.3) is 11.3 Å². The van der Waals surface area contributed by atoms with Crippen molar-refractivity contribution in [2.75, 3.05) is 5.32 Å². The molecule has 1 saturated carbocycles. The summed E-state index contributed by atoms with van der Waals surface area (Å²) in [6.07, 6.45) is 4.05. The van der Waals surface area contributed by atoms with Gasteiger partial charge in [0.05, 0.1) is 11.4 Å². The number of carbonyl (C=O) groups is 2. The van der Waals surface area contributed by atoms with Crippen molar-refractivity contribution in [1.29, 1.82) is 0 Å². The van der Waals surface area contributed by atoms with Gasteiger partial charge in [-0.3, -0.25) is 4.79 Å². The van der Waals surface area contributed by atoms with E-state index in [1.165, 1.54) is 22.9 Å². The number of hydrogen-bond acceptors (Lipinski definition) is 4. The fourth-order valence-electron chi connectivity index (χ4n) is 5.20. The van der Waals surface area contributed by atoms with Crippen LogP contribution in [0.5, 0.6) is 5.75 Å². The maximum absolute atomic E-state index is 13.3. The fraction of sp³-hybridized carbons (Fsp3) is 0.303. The number of rotatable bonds is 6. The molecule has 3 N–H and O–H groups in total. The molecule has 3 aromatic carbocycles. The molecule has 5 rings (SSSR count). The van der Waals surface area contributed by atoms with Crippen molar-refractivity contribution in [1.82, 2.24) is 15.1 Å². The monoisotopic (exact) mass is 554 g/mol. The molecule has 212 valence electrons. The summed E-state index contributed by atoms with van der Waals surface area (Å²) < 4.78 is 14.6. The minimum Gasteiger partial charge on any atom is -0.507 e. The predicted octanol–water partition coefficient (Wildman–Crippen LogP) is 7.36. The molecule has 1 aliphatic rings. The van der Waals surface area contributed by atoms with Gasteiger partial charge >= 0.3 is 6.03 Å². The van der Waals surface area contributed by atoms with Gasteiger partial charge in [0.1, 0.15) is 11.6 Å². The highest BCUT2D eigenvalue weighted by Crippen LogP contribution is 2.38. The zero-order valence-electron chi connectivity index (χ0n) is 23.6. The number of benzene rings is 3. The molecule has 0 aliphatic heterocycles. The van der Waals surface area contributed by atoms with Crippen LogP contribution in [-0.2, 0) is 12.0 Å². The van der Waals surface area contributed by atoms with E-state index >= 15 is 0 Å². The number of amides is 2. The first-order valence-electron chi connectivity index (χ1n) is 14.0. The van der Waals surface area contributed by atoms with Gasteiger partial charge < -0.3 is 15.7 Å². The number of hydrogen-bond donors (Lipinski definition) is 3. The molecule has 1 heterocycles. The Bertz CT molecular complexity index is 1550. The van der Waals surface area contributed by atoms with Crippen molar-refractivity contribution in [3.8, 4) is 17.0 Å². The standard InChI is InChI=1S/C33H35FN4O3/c1-33(2,3)24-12-10-23(11-13-24)31(40)36-26-16-17-30(39)27(18-26)28-19-29(22-6-4-5-7-22)38(37-28)32(41)35-20-21-8-14-25(34)15-9-21/h8-19,22,39H,4-7,20H2,1-3H3,(H,35,41)(H,36,40). The van der Waals surface area contributed by atoms with Gasteiger partial charge in [-0.2, -0.15) is 9.78 Å². The van der Waals surface area contributed by atoms with Crippen molar-refractivity contribution < 1.29 is 19.1 Å². The van der Waals surface area contributed by atoms with Crippen LogP contribution >= 0.6 is 0 Å². The van der Waals surface area contributed by atoms with Gasteiger partial charge in [-0.05, 0) is 77.9 Å². The van der Waals surface area contributed by atoms with E-state index in [1.807, 2.05) is 18.2 Å². The second-order valence-corrected chi connectivity index (χ2v) is 11.6.